The lowest BCUT2D eigenvalue weighted by molar-refractivity contribution is -0.130. The molecule has 3 aromatic rings. The van der Waals surface area contributed by atoms with Crippen LogP contribution in [0, 0.1) is 23.2 Å². The molecule has 170 valence electrons. The van der Waals surface area contributed by atoms with Crippen LogP contribution in [0.4, 0.5) is 0 Å². The number of hydrogen-bond acceptors (Lipinski definition) is 2. The Morgan fingerprint density at radius 3 is 2.32 bits per heavy atom. The molecule has 6 heteroatoms. The van der Waals surface area contributed by atoms with E-state index in [-0.39, 0.29) is 23.7 Å². The summed E-state index contributed by atoms with van der Waals surface area (Å²) in [6.07, 6.45) is 2.95. The number of allylic oxidation sites excluding steroid dienone is 1. The van der Waals surface area contributed by atoms with Gasteiger partial charge >= 0.3 is 0 Å². The second-order valence-electron chi connectivity index (χ2n) is 8.90. The molecule has 1 saturated heterocycles. The fourth-order valence-electron chi connectivity index (χ4n) is 5.13. The number of carbonyl (C=O) groups excluding carboxylic acids is 1. The van der Waals surface area contributed by atoms with Crippen LogP contribution in [0.15, 0.2) is 72.8 Å². The molecule has 34 heavy (non-hydrogen) atoms. The minimum absolute atomic E-state index is 0.0508. The first-order valence-corrected chi connectivity index (χ1v) is 12.3. The van der Waals surface area contributed by atoms with Crippen molar-refractivity contribution in [3.8, 4) is 6.07 Å². The lowest BCUT2D eigenvalue weighted by Crippen LogP contribution is -2.26. The lowest BCUT2D eigenvalue weighted by Gasteiger charge is -2.31. The van der Waals surface area contributed by atoms with E-state index in [2.05, 4.69) is 12.1 Å². The highest BCUT2D eigenvalue weighted by atomic mass is 35.5. The van der Waals surface area contributed by atoms with Crippen LogP contribution in [-0.2, 0) is 11.3 Å². The van der Waals surface area contributed by atoms with Crippen molar-refractivity contribution in [1.29, 1.82) is 5.26 Å². The number of nitrogens with zero attached hydrogens (tertiary/aromatic N) is 2. The van der Waals surface area contributed by atoms with Crippen molar-refractivity contribution < 1.29 is 4.79 Å². The Morgan fingerprint density at radius 1 is 0.941 bits per heavy atom. The third-order valence-corrected chi connectivity index (χ3v) is 7.62. The number of fused-ring (bicyclic) bond motifs is 1. The van der Waals surface area contributed by atoms with Crippen LogP contribution in [0.2, 0.25) is 15.1 Å². The smallest absolute Gasteiger partial charge is 0.230 e. The van der Waals surface area contributed by atoms with E-state index in [0.717, 1.165) is 28.7 Å². The second kappa shape index (κ2) is 9.47. The molecule has 0 radical (unpaired) electrons. The summed E-state index contributed by atoms with van der Waals surface area (Å²) in [6.45, 7) is 1.23. The van der Waals surface area contributed by atoms with E-state index >= 15 is 0 Å². The molecule has 0 bridgehead atoms. The molecule has 0 unspecified atom stereocenters. The van der Waals surface area contributed by atoms with E-state index in [1.165, 1.54) is 0 Å². The van der Waals surface area contributed by atoms with Gasteiger partial charge in [0.25, 0.3) is 0 Å². The van der Waals surface area contributed by atoms with Crippen molar-refractivity contribution in [3.63, 3.8) is 0 Å². The summed E-state index contributed by atoms with van der Waals surface area (Å²) >= 11 is 18.9. The van der Waals surface area contributed by atoms with Gasteiger partial charge in [0.05, 0.1) is 17.6 Å². The van der Waals surface area contributed by atoms with Gasteiger partial charge in [0, 0.05) is 34.1 Å². The van der Waals surface area contributed by atoms with Crippen molar-refractivity contribution in [2.24, 2.45) is 11.8 Å². The second-order valence-corrected chi connectivity index (χ2v) is 10.2. The van der Waals surface area contributed by atoms with Crippen molar-refractivity contribution in [2.45, 2.75) is 18.9 Å². The normalized spacial score (nSPS) is 21.7. The van der Waals surface area contributed by atoms with Crippen molar-refractivity contribution >= 4 is 46.3 Å². The maximum Gasteiger partial charge on any atom is 0.230 e. The number of amides is 1. The van der Waals surface area contributed by atoms with E-state index in [4.69, 9.17) is 40.1 Å². The predicted octanol–water partition coefficient (Wildman–Crippen LogP) is 7.36. The van der Waals surface area contributed by atoms with Gasteiger partial charge in [0.1, 0.15) is 0 Å². The molecule has 1 heterocycles. The highest BCUT2D eigenvalue weighted by molar-refractivity contribution is 6.35. The van der Waals surface area contributed by atoms with Crippen molar-refractivity contribution in [2.75, 3.05) is 6.54 Å². The number of rotatable bonds is 4. The fourth-order valence-corrected chi connectivity index (χ4v) is 5.80. The quantitative estimate of drug-likeness (QED) is 0.370. The summed E-state index contributed by atoms with van der Waals surface area (Å²) in [5.41, 5.74) is 4.78. The Kier molecular flexibility index (Phi) is 6.40. The molecule has 3 atom stereocenters. The number of carbonyl (C=O) groups is 1. The van der Waals surface area contributed by atoms with Gasteiger partial charge in [-0.2, -0.15) is 5.26 Å². The predicted molar refractivity (Wildman–Crippen MR) is 137 cm³/mol. The zero-order chi connectivity index (χ0) is 23.8. The first-order valence-electron chi connectivity index (χ1n) is 11.1. The largest absolute Gasteiger partial charge is 0.338 e. The summed E-state index contributed by atoms with van der Waals surface area (Å²) in [5, 5.41) is 10.9. The Bertz CT molecular complexity index is 1310. The molecule has 2 aliphatic rings. The third kappa shape index (κ3) is 4.46. The van der Waals surface area contributed by atoms with E-state index in [1.807, 2.05) is 53.4 Å². The molecule has 5 rings (SSSR count). The Balaban J connectivity index is 1.48. The van der Waals surface area contributed by atoms with Gasteiger partial charge in [-0.15, -0.1) is 0 Å². The first-order chi connectivity index (χ1) is 16.4. The summed E-state index contributed by atoms with van der Waals surface area (Å²) in [7, 11) is 0. The maximum absolute atomic E-state index is 13.4. The summed E-state index contributed by atoms with van der Waals surface area (Å²) in [4.78, 5) is 15.3. The summed E-state index contributed by atoms with van der Waals surface area (Å²) in [5.74, 6) is 0.210. The molecule has 0 N–H and O–H groups in total. The molecular weight excluding hydrogens is 487 g/mol. The molecule has 0 saturated carbocycles. The minimum atomic E-state index is -0.175. The SMILES string of the molecule is N#Cc1ccc(CN2C[C@@H]3C[C@H](c4ccc(Cl)cc4Cl)C(c4ccc(Cl)cc4)=C[C@@H]3C2=O)cc1. The highest BCUT2D eigenvalue weighted by Gasteiger charge is 2.44. The van der Waals surface area contributed by atoms with Crippen molar-refractivity contribution in [3.05, 3.63) is 110 Å². The Morgan fingerprint density at radius 2 is 1.65 bits per heavy atom. The van der Waals surface area contributed by atoms with Crippen LogP contribution in [0.1, 0.15) is 34.6 Å². The van der Waals surface area contributed by atoms with E-state index in [0.29, 0.717) is 33.7 Å². The van der Waals surface area contributed by atoms with Gasteiger partial charge in [-0.3, -0.25) is 4.79 Å². The topological polar surface area (TPSA) is 44.1 Å². The monoisotopic (exact) mass is 506 g/mol. The molecule has 0 aromatic heterocycles. The fraction of sp³-hybridized carbons (Fsp3) is 0.214. The lowest BCUT2D eigenvalue weighted by atomic mass is 9.71. The number of halogens is 3. The molecule has 0 spiro atoms. The molecular formula is C28H21Cl3N2O. The van der Waals surface area contributed by atoms with Crippen LogP contribution < -0.4 is 0 Å². The van der Waals surface area contributed by atoms with E-state index in [1.54, 1.807) is 18.2 Å². The van der Waals surface area contributed by atoms with Crippen LogP contribution in [0.25, 0.3) is 5.57 Å². The molecule has 1 amide bonds. The zero-order valence-corrected chi connectivity index (χ0v) is 20.5. The Hall–Kier alpha value is -2.77. The molecule has 3 aromatic carbocycles. The number of likely N-dealkylation sites (tertiary alicyclic amines) is 1. The van der Waals surface area contributed by atoms with Gasteiger partial charge in [0.15, 0.2) is 0 Å². The van der Waals surface area contributed by atoms with Gasteiger partial charge in [-0.05, 0) is 71.0 Å². The van der Waals surface area contributed by atoms with Crippen LogP contribution in [-0.4, -0.2) is 17.4 Å². The first kappa shape index (κ1) is 23.0. The number of hydrogen-bond donors (Lipinski definition) is 0. The molecule has 3 nitrogen and oxygen atoms in total. The molecule has 1 aliphatic carbocycles. The van der Waals surface area contributed by atoms with Gasteiger partial charge in [-0.1, -0.05) is 71.2 Å². The maximum atomic E-state index is 13.4. The van der Waals surface area contributed by atoms with Gasteiger partial charge in [0.2, 0.25) is 5.91 Å². The molecule has 1 aliphatic heterocycles. The van der Waals surface area contributed by atoms with Crippen LogP contribution in [0.3, 0.4) is 0 Å². The number of nitriles is 1. The Labute approximate surface area is 214 Å². The van der Waals surface area contributed by atoms with Crippen LogP contribution >= 0.6 is 34.8 Å². The van der Waals surface area contributed by atoms with Gasteiger partial charge in [-0.25, -0.2) is 0 Å². The van der Waals surface area contributed by atoms with E-state index < -0.39 is 0 Å². The van der Waals surface area contributed by atoms with Gasteiger partial charge < -0.3 is 4.90 Å². The van der Waals surface area contributed by atoms with Crippen LogP contribution in [0.5, 0.6) is 0 Å². The average molecular weight is 508 g/mol. The third-order valence-electron chi connectivity index (χ3n) is 6.80. The standard InChI is InChI=1S/C28H21Cl3N2O/c29-21-7-5-19(6-8-21)24-13-25-20(11-26(24)23-10-9-22(30)12-27(23)31)16-33(28(25)34)15-18-3-1-17(14-32)2-4-18/h1-10,12-13,20,25-26H,11,15-16H2/t20-,25-,26+/m0/s1. The van der Waals surface area contributed by atoms with E-state index in [9.17, 15) is 4.79 Å². The average Bonchev–Trinajstić information content (AvgIpc) is 3.13. The summed E-state index contributed by atoms with van der Waals surface area (Å²) < 4.78 is 0. The minimum Gasteiger partial charge on any atom is -0.338 e. The summed E-state index contributed by atoms with van der Waals surface area (Å²) in [6, 6.07) is 22.9. The van der Waals surface area contributed by atoms with Crippen molar-refractivity contribution in [1.82, 2.24) is 4.90 Å². The zero-order valence-electron chi connectivity index (χ0n) is 18.2. The number of benzene rings is 3. The molecule has 1 fully saturated rings. The highest BCUT2D eigenvalue weighted by Crippen LogP contribution is 2.49.